The van der Waals surface area contributed by atoms with Crippen LogP contribution in [-0.4, -0.2) is 58.6 Å². The Hall–Kier alpha value is -3.68. The molecule has 0 unspecified atom stereocenters. The zero-order valence-corrected chi connectivity index (χ0v) is 26.6. The molecule has 7 nitrogen and oxygen atoms in total. The van der Waals surface area contributed by atoms with Gasteiger partial charge in [0.05, 0.1) is 12.0 Å². The number of aliphatic hydroxyl groups is 1. The van der Waals surface area contributed by atoms with E-state index in [1.807, 2.05) is 0 Å². The van der Waals surface area contributed by atoms with Gasteiger partial charge < -0.3 is 32.8 Å². The summed E-state index contributed by atoms with van der Waals surface area (Å²) in [4.78, 5) is 25.1. The van der Waals surface area contributed by atoms with Crippen LogP contribution in [0.2, 0.25) is 0 Å². The monoisotopic (exact) mass is 605 g/mol. The fourth-order valence-electron chi connectivity index (χ4n) is 6.16. The molecule has 2 heterocycles. The minimum Gasteiger partial charge on any atom is -1.00 e. The maximum absolute atomic E-state index is 12.0. The lowest BCUT2D eigenvalue weighted by atomic mass is 9.81. The maximum Gasteiger partial charge on any atom is 0.334 e. The highest BCUT2D eigenvalue weighted by molar-refractivity contribution is 6.03. The summed E-state index contributed by atoms with van der Waals surface area (Å²) in [5.41, 5.74) is 7.44. The van der Waals surface area contributed by atoms with Crippen LogP contribution in [0.1, 0.15) is 64.5 Å². The summed E-state index contributed by atoms with van der Waals surface area (Å²) in [6.07, 6.45) is 12.0. The number of nitrogens with one attached hydrogen (secondary N) is 1. The highest BCUT2D eigenvalue weighted by Gasteiger charge is 2.42. The summed E-state index contributed by atoms with van der Waals surface area (Å²) in [7, 11) is 2.13. The molecule has 0 aliphatic carbocycles. The molecule has 2 aromatic carbocycles. The average Bonchev–Trinajstić information content (AvgIpc) is 3.29. The zero-order chi connectivity index (χ0) is 30.5. The van der Waals surface area contributed by atoms with Crippen molar-refractivity contribution in [1.82, 2.24) is 5.32 Å². The van der Waals surface area contributed by atoms with Crippen molar-refractivity contribution in [3.63, 3.8) is 0 Å². The summed E-state index contributed by atoms with van der Waals surface area (Å²) in [6, 6.07) is 17.1. The molecule has 43 heavy (non-hydrogen) atoms. The van der Waals surface area contributed by atoms with Crippen LogP contribution in [0.25, 0.3) is 0 Å². The number of allylic oxidation sites excluding steroid dienone is 6. The van der Waals surface area contributed by atoms with Gasteiger partial charge in [-0.15, -0.1) is 0 Å². The van der Waals surface area contributed by atoms with Gasteiger partial charge in [0.15, 0.2) is 11.8 Å². The number of halogens is 1. The summed E-state index contributed by atoms with van der Waals surface area (Å²) in [5.74, 6) is -1.58. The molecule has 230 valence electrons. The van der Waals surface area contributed by atoms with Crippen molar-refractivity contribution in [3.8, 4) is 0 Å². The van der Waals surface area contributed by atoms with E-state index in [1.165, 1.54) is 33.9 Å². The molecule has 1 atom stereocenters. The van der Waals surface area contributed by atoms with E-state index in [2.05, 4.69) is 128 Å². The Kier molecular flexibility index (Phi) is 11.2. The normalized spacial score (nSPS) is 18.2. The van der Waals surface area contributed by atoms with E-state index >= 15 is 0 Å². The molecule has 2 aliphatic rings. The van der Waals surface area contributed by atoms with Gasteiger partial charge in [-0.3, -0.25) is 4.79 Å². The van der Waals surface area contributed by atoms with E-state index in [4.69, 9.17) is 5.11 Å². The van der Waals surface area contributed by atoms with Gasteiger partial charge in [0.1, 0.15) is 7.05 Å². The van der Waals surface area contributed by atoms with Crippen LogP contribution < -0.4 is 22.6 Å². The van der Waals surface area contributed by atoms with Crippen molar-refractivity contribution in [3.05, 3.63) is 95.7 Å². The van der Waals surface area contributed by atoms with Crippen molar-refractivity contribution >= 4 is 29.0 Å². The number of aliphatic carboxylic acids is 1. The highest BCUT2D eigenvalue weighted by atomic mass is 35.5. The Morgan fingerprint density at radius 3 is 2.30 bits per heavy atom. The number of para-hydroxylation sites is 2. The number of carboxylic acid groups (broad SMARTS) is 1. The van der Waals surface area contributed by atoms with Crippen LogP contribution in [0.3, 0.4) is 0 Å². The second-order valence-corrected chi connectivity index (χ2v) is 12.1. The largest absolute Gasteiger partial charge is 1.00 e. The molecule has 4 rings (SSSR count). The van der Waals surface area contributed by atoms with Crippen LogP contribution in [0.15, 0.2) is 84.6 Å². The molecule has 0 bridgehead atoms. The Bertz CT molecular complexity index is 1450. The van der Waals surface area contributed by atoms with Crippen molar-refractivity contribution < 1.29 is 36.8 Å². The van der Waals surface area contributed by atoms with Crippen LogP contribution in [-0.2, 0) is 20.4 Å². The molecular weight excluding hydrogens is 562 g/mol. The van der Waals surface area contributed by atoms with Gasteiger partial charge in [-0.25, -0.2) is 4.79 Å². The van der Waals surface area contributed by atoms with E-state index in [9.17, 15) is 14.7 Å². The topological polar surface area (TPSA) is 92.9 Å². The first-order chi connectivity index (χ1) is 20.0. The van der Waals surface area contributed by atoms with Crippen LogP contribution in [0, 0.1) is 0 Å². The number of carbonyl (C=O) groups is 2. The average molecular weight is 606 g/mol. The maximum atomic E-state index is 12.0. The first-order valence-corrected chi connectivity index (χ1v) is 14.8. The third-order valence-corrected chi connectivity index (χ3v) is 8.53. The molecular formula is C35H44ClN3O4. The molecule has 0 fully saturated rings. The number of unbranched alkanes of at least 4 members (excludes halogenated alkanes) is 2. The third kappa shape index (κ3) is 7.28. The fourth-order valence-corrected chi connectivity index (χ4v) is 6.16. The van der Waals surface area contributed by atoms with Gasteiger partial charge >= 0.3 is 5.97 Å². The number of benzene rings is 2. The Labute approximate surface area is 261 Å². The van der Waals surface area contributed by atoms with E-state index in [0.29, 0.717) is 12.8 Å². The van der Waals surface area contributed by atoms with E-state index < -0.39 is 12.1 Å². The summed E-state index contributed by atoms with van der Waals surface area (Å²) >= 11 is 0. The predicted octanol–water partition coefficient (Wildman–Crippen LogP) is 2.61. The van der Waals surface area contributed by atoms with Crippen LogP contribution in [0.4, 0.5) is 11.4 Å². The minimum atomic E-state index is -1.57. The fraction of sp³-hybridized carbons (Fsp3) is 0.400. The van der Waals surface area contributed by atoms with Crippen LogP contribution in [0.5, 0.6) is 0 Å². The van der Waals surface area contributed by atoms with Crippen LogP contribution >= 0.6 is 0 Å². The third-order valence-electron chi connectivity index (χ3n) is 8.53. The standard InChI is InChI=1S/C35H43N3O4.ClH/c1-34(2)25-16-11-13-18-27(25)37(5)30(34)20-8-6-9-21-31-35(3,4)26-17-12-14-19-28(26)38(31)23-15-7-10-22-32(40)36-24-29(39)33(41)42;/h6,8-9,11-14,16-21,29,39H,7,10,15,22-24H2,1-5H3,(H-,36,40,41,42);1H/t29-;/m0./s1. The van der Waals surface area contributed by atoms with Crippen molar-refractivity contribution in [2.75, 3.05) is 25.0 Å². The number of anilines is 1. The summed E-state index contributed by atoms with van der Waals surface area (Å²) in [6.45, 7) is 9.64. The molecule has 0 radical (unpaired) electrons. The first-order valence-electron chi connectivity index (χ1n) is 14.8. The number of hydrogen-bond acceptors (Lipinski definition) is 4. The Balaban J connectivity index is 0.00000506. The Morgan fingerprint density at radius 2 is 1.60 bits per heavy atom. The van der Waals surface area contributed by atoms with E-state index in [1.54, 1.807) is 0 Å². The number of nitrogens with zero attached hydrogens (tertiary/aromatic N) is 2. The zero-order valence-electron chi connectivity index (χ0n) is 25.8. The number of carbonyl (C=O) groups excluding carboxylic acids is 1. The van der Waals surface area contributed by atoms with Crippen molar-refractivity contribution in [1.29, 1.82) is 0 Å². The second kappa shape index (κ2) is 14.2. The van der Waals surface area contributed by atoms with Gasteiger partial charge in [-0.05, 0) is 44.4 Å². The SMILES string of the molecule is C[N+]1=C(/C=C/C=C/C=C2/N(CCCCCC(=O)NC[C@H](O)C(=O)O)c3ccccc3C2(C)C)C(C)(C)c2ccccc21.[Cl-]. The Morgan fingerprint density at radius 1 is 0.930 bits per heavy atom. The molecule has 2 aromatic rings. The smallest absolute Gasteiger partial charge is 0.334 e. The second-order valence-electron chi connectivity index (χ2n) is 12.1. The number of hydrogen-bond donors (Lipinski definition) is 3. The predicted molar refractivity (Wildman–Crippen MR) is 169 cm³/mol. The molecule has 0 aromatic heterocycles. The number of carboxylic acids is 1. The quantitative estimate of drug-likeness (QED) is 0.197. The van der Waals surface area contributed by atoms with Gasteiger partial charge in [-0.2, -0.15) is 4.58 Å². The molecule has 0 spiro atoms. The van der Waals surface area contributed by atoms with Gasteiger partial charge in [0.25, 0.3) is 0 Å². The van der Waals surface area contributed by atoms with Gasteiger partial charge in [0.2, 0.25) is 11.6 Å². The number of amides is 1. The van der Waals surface area contributed by atoms with Crippen molar-refractivity contribution in [2.24, 2.45) is 0 Å². The lowest BCUT2D eigenvalue weighted by Crippen LogP contribution is -3.00. The van der Waals surface area contributed by atoms with Gasteiger partial charge in [-0.1, -0.05) is 74.9 Å². The number of fused-ring (bicyclic) bond motifs is 2. The number of rotatable bonds is 12. The van der Waals surface area contributed by atoms with Gasteiger partial charge in [0, 0.05) is 47.5 Å². The summed E-state index contributed by atoms with van der Waals surface area (Å²) < 4.78 is 2.28. The van der Waals surface area contributed by atoms with E-state index in [0.717, 1.165) is 19.4 Å². The molecule has 0 saturated heterocycles. The molecule has 8 heteroatoms. The minimum absolute atomic E-state index is 0. The number of aliphatic hydroxyl groups excluding tert-OH is 1. The van der Waals surface area contributed by atoms with Crippen molar-refractivity contribution in [2.45, 2.75) is 70.3 Å². The highest BCUT2D eigenvalue weighted by Crippen LogP contribution is 2.47. The lowest BCUT2D eigenvalue weighted by Gasteiger charge is -2.27. The molecule has 3 N–H and O–H groups in total. The molecule has 1 amide bonds. The molecule has 0 saturated carbocycles. The van der Waals surface area contributed by atoms with E-state index in [-0.39, 0.29) is 35.7 Å². The first kappa shape index (κ1) is 33.8. The lowest BCUT2D eigenvalue weighted by molar-refractivity contribution is -0.401. The summed E-state index contributed by atoms with van der Waals surface area (Å²) in [5, 5.41) is 20.5. The molecule has 2 aliphatic heterocycles.